The predicted molar refractivity (Wildman–Crippen MR) is 101 cm³/mol. The topological polar surface area (TPSA) is 48.6 Å². The number of benzene rings is 1. The van der Waals surface area contributed by atoms with E-state index in [1.807, 2.05) is 12.1 Å². The van der Waals surface area contributed by atoms with Gasteiger partial charge in [0, 0.05) is 29.1 Å². The van der Waals surface area contributed by atoms with Crippen LogP contribution in [0.5, 0.6) is 0 Å². The van der Waals surface area contributed by atoms with Crippen molar-refractivity contribution in [1.82, 2.24) is 21.3 Å². The van der Waals surface area contributed by atoms with Gasteiger partial charge in [-0.3, -0.25) is 5.01 Å². The van der Waals surface area contributed by atoms with Crippen molar-refractivity contribution >= 4 is 19.7 Å². The lowest BCUT2D eigenvalue weighted by Crippen LogP contribution is -2.52. The van der Waals surface area contributed by atoms with Gasteiger partial charge in [0.25, 0.3) is 0 Å². The van der Waals surface area contributed by atoms with Gasteiger partial charge in [0.15, 0.2) is 0 Å². The van der Waals surface area contributed by atoms with Gasteiger partial charge in [0.05, 0.1) is 19.3 Å². The second kappa shape index (κ2) is 7.45. The fraction of sp³-hybridized carbons (Fsp3) is 0.529. The molecule has 0 spiro atoms. The molecule has 0 radical (unpaired) electrons. The Morgan fingerprint density at radius 1 is 1.25 bits per heavy atom. The molecule has 0 amide bonds. The number of nitrogens with one attached hydrogen (secondary N) is 3. The standard InChI is InChI=1S/C17H27ClN4OSi/c1-24(2,3)17-11-22(21-20-17)10-16-9-19-15(12-23-16)8-13-4-6-14(18)7-5-13/h4-7,11,15-16,19-21H,8-10,12H2,1-3H3/t15-,16+/m0/s1. The van der Waals surface area contributed by atoms with Gasteiger partial charge in [-0.2, -0.15) is 0 Å². The molecule has 1 fully saturated rings. The molecule has 2 aliphatic rings. The Bertz CT molecular complexity index is 579. The largest absolute Gasteiger partial charge is 0.373 e. The molecule has 2 aliphatic heterocycles. The van der Waals surface area contributed by atoms with Crippen LogP contribution >= 0.6 is 11.6 Å². The quantitative estimate of drug-likeness (QED) is 0.698. The monoisotopic (exact) mass is 366 g/mol. The maximum atomic E-state index is 6.05. The third-order valence-electron chi connectivity index (χ3n) is 4.39. The van der Waals surface area contributed by atoms with Gasteiger partial charge in [0.2, 0.25) is 0 Å². The minimum atomic E-state index is -1.31. The Labute approximate surface area is 150 Å². The van der Waals surface area contributed by atoms with Crippen LogP contribution in [0, 0.1) is 0 Å². The molecule has 1 aromatic carbocycles. The van der Waals surface area contributed by atoms with Crippen molar-refractivity contribution in [2.75, 3.05) is 19.7 Å². The van der Waals surface area contributed by atoms with Gasteiger partial charge < -0.3 is 15.5 Å². The van der Waals surface area contributed by atoms with Crippen molar-refractivity contribution in [2.24, 2.45) is 0 Å². The fourth-order valence-corrected chi connectivity index (χ4v) is 3.97. The van der Waals surface area contributed by atoms with E-state index >= 15 is 0 Å². The Kier molecular flexibility index (Phi) is 5.51. The maximum Gasteiger partial charge on any atom is 0.102 e. The predicted octanol–water partition coefficient (Wildman–Crippen LogP) is 2.28. The zero-order valence-electron chi connectivity index (χ0n) is 14.6. The van der Waals surface area contributed by atoms with E-state index < -0.39 is 8.07 Å². The summed E-state index contributed by atoms with van der Waals surface area (Å²) in [4.78, 5) is 0. The third kappa shape index (κ3) is 4.74. The zero-order valence-corrected chi connectivity index (χ0v) is 16.4. The van der Waals surface area contributed by atoms with E-state index in [1.165, 1.54) is 10.9 Å². The van der Waals surface area contributed by atoms with E-state index in [2.05, 4.69) is 59.3 Å². The van der Waals surface area contributed by atoms with Gasteiger partial charge in [-0.1, -0.05) is 43.4 Å². The van der Waals surface area contributed by atoms with Gasteiger partial charge in [-0.25, -0.2) is 0 Å². The van der Waals surface area contributed by atoms with Crippen LogP contribution in [0.25, 0.3) is 0 Å². The summed E-state index contributed by atoms with van der Waals surface area (Å²) in [5.41, 5.74) is 7.80. The van der Waals surface area contributed by atoms with Crippen LogP contribution in [0.3, 0.4) is 0 Å². The first-order valence-corrected chi connectivity index (χ1v) is 12.4. The first-order chi connectivity index (χ1) is 11.4. The van der Waals surface area contributed by atoms with E-state index in [0.717, 1.165) is 31.1 Å². The van der Waals surface area contributed by atoms with E-state index in [9.17, 15) is 0 Å². The molecule has 5 nitrogen and oxygen atoms in total. The molecule has 24 heavy (non-hydrogen) atoms. The first-order valence-electron chi connectivity index (χ1n) is 8.50. The summed E-state index contributed by atoms with van der Waals surface area (Å²) in [7, 11) is -1.31. The molecule has 132 valence electrons. The highest BCUT2D eigenvalue weighted by Crippen LogP contribution is 2.16. The van der Waals surface area contributed by atoms with Gasteiger partial charge in [0.1, 0.15) is 8.07 Å². The van der Waals surface area contributed by atoms with Crippen molar-refractivity contribution in [1.29, 1.82) is 0 Å². The Morgan fingerprint density at radius 2 is 2.00 bits per heavy atom. The third-order valence-corrected chi connectivity index (χ3v) is 6.51. The normalized spacial score (nSPS) is 24.7. The molecule has 0 saturated carbocycles. The van der Waals surface area contributed by atoms with Crippen LogP contribution in [-0.2, 0) is 11.2 Å². The molecule has 1 saturated heterocycles. The number of hydrogen-bond acceptors (Lipinski definition) is 5. The molecular formula is C17H27ClN4OSi. The van der Waals surface area contributed by atoms with Crippen LogP contribution in [0.15, 0.2) is 35.8 Å². The minimum Gasteiger partial charge on any atom is -0.373 e. The molecule has 7 heteroatoms. The Morgan fingerprint density at radius 3 is 2.58 bits per heavy atom. The highest BCUT2D eigenvalue weighted by Gasteiger charge is 2.27. The second-order valence-electron chi connectivity index (χ2n) is 7.57. The smallest absolute Gasteiger partial charge is 0.102 e. The van der Waals surface area contributed by atoms with Crippen LogP contribution in [0.4, 0.5) is 0 Å². The summed E-state index contributed by atoms with van der Waals surface area (Å²) in [6.07, 6.45) is 3.35. The maximum absolute atomic E-state index is 6.05. The van der Waals surface area contributed by atoms with Crippen molar-refractivity contribution in [3.63, 3.8) is 0 Å². The lowest BCUT2D eigenvalue weighted by molar-refractivity contribution is -0.0142. The summed E-state index contributed by atoms with van der Waals surface area (Å²) in [5, 5.41) is 7.81. The van der Waals surface area contributed by atoms with Gasteiger partial charge in [-0.15, -0.1) is 5.53 Å². The van der Waals surface area contributed by atoms with Gasteiger partial charge >= 0.3 is 0 Å². The minimum absolute atomic E-state index is 0.193. The molecular weight excluding hydrogens is 340 g/mol. The first kappa shape index (κ1) is 17.8. The Balaban J connectivity index is 1.44. The molecule has 0 aromatic heterocycles. The lowest BCUT2D eigenvalue weighted by Gasteiger charge is -2.32. The van der Waals surface area contributed by atoms with Crippen LogP contribution in [0.1, 0.15) is 5.56 Å². The fourth-order valence-electron chi connectivity index (χ4n) is 2.87. The van der Waals surface area contributed by atoms with Crippen molar-refractivity contribution in [2.45, 2.75) is 38.2 Å². The molecule has 2 atom stereocenters. The van der Waals surface area contributed by atoms with Gasteiger partial charge in [-0.05, 0) is 24.1 Å². The van der Waals surface area contributed by atoms with E-state index in [-0.39, 0.29) is 6.10 Å². The average molecular weight is 367 g/mol. The van der Waals surface area contributed by atoms with Crippen molar-refractivity contribution in [3.8, 4) is 0 Å². The number of rotatable bonds is 5. The number of hydrogen-bond donors (Lipinski definition) is 3. The summed E-state index contributed by atoms with van der Waals surface area (Å²) < 4.78 is 6.05. The van der Waals surface area contributed by atoms with Crippen LogP contribution in [-0.4, -0.2) is 44.9 Å². The lowest BCUT2D eigenvalue weighted by atomic mass is 10.1. The second-order valence-corrected chi connectivity index (χ2v) is 13.0. The highest BCUT2D eigenvalue weighted by atomic mass is 35.5. The summed E-state index contributed by atoms with van der Waals surface area (Å²) in [6, 6.07) is 8.41. The van der Waals surface area contributed by atoms with E-state index in [1.54, 1.807) is 0 Å². The van der Waals surface area contributed by atoms with E-state index in [0.29, 0.717) is 6.04 Å². The molecule has 2 heterocycles. The highest BCUT2D eigenvalue weighted by molar-refractivity contribution is 6.82. The number of ether oxygens (including phenoxy) is 1. The van der Waals surface area contributed by atoms with E-state index in [4.69, 9.17) is 16.3 Å². The van der Waals surface area contributed by atoms with Crippen LogP contribution in [0.2, 0.25) is 24.7 Å². The molecule has 0 unspecified atom stereocenters. The SMILES string of the molecule is C[Si](C)(C)C1=CN(C[C@H]2CN[C@@H](Cc3ccc(Cl)cc3)CO2)NN1. The average Bonchev–Trinajstić information content (AvgIpc) is 3.00. The summed E-state index contributed by atoms with van der Waals surface area (Å²) >= 11 is 5.93. The van der Waals surface area contributed by atoms with Crippen molar-refractivity contribution < 1.29 is 4.74 Å². The zero-order chi connectivity index (χ0) is 17.2. The Hall–Kier alpha value is -1.05. The van der Waals surface area contributed by atoms with Crippen molar-refractivity contribution in [3.05, 3.63) is 46.4 Å². The molecule has 3 rings (SSSR count). The molecule has 0 aliphatic carbocycles. The number of nitrogens with zero attached hydrogens (tertiary/aromatic N) is 1. The molecule has 1 aromatic rings. The number of morpholine rings is 1. The number of halogens is 1. The molecule has 3 N–H and O–H groups in total. The van der Waals surface area contributed by atoms with Crippen LogP contribution < -0.4 is 16.3 Å². The summed E-state index contributed by atoms with van der Waals surface area (Å²) in [6.45, 7) is 9.43. The number of hydrazine groups is 2. The molecule has 0 bridgehead atoms. The summed E-state index contributed by atoms with van der Waals surface area (Å²) in [5.74, 6) is 0.